The molecule has 1 aliphatic carbocycles. The van der Waals surface area contributed by atoms with E-state index in [9.17, 15) is 4.79 Å². The van der Waals surface area contributed by atoms with Gasteiger partial charge in [0.15, 0.2) is 11.6 Å². The Kier molecular flexibility index (Phi) is 4.41. The minimum atomic E-state index is -0.354. The second-order valence-electron chi connectivity index (χ2n) is 6.26. The van der Waals surface area contributed by atoms with E-state index in [1.54, 1.807) is 35.3 Å². The van der Waals surface area contributed by atoms with Crippen molar-refractivity contribution >= 4 is 17.5 Å². The lowest BCUT2D eigenvalue weighted by atomic mass is 10.1. The summed E-state index contributed by atoms with van der Waals surface area (Å²) in [6, 6.07) is 5.36. The van der Waals surface area contributed by atoms with E-state index in [-0.39, 0.29) is 5.97 Å². The molecule has 1 fully saturated rings. The number of pyridine rings is 1. The summed E-state index contributed by atoms with van der Waals surface area (Å²) in [5, 5.41) is 7.33. The standard InChI is InChI=1S/C18H19N7O2/c1-27-18(26)13-6-5-12(24-15(13)11-3-4-11)9-20-16-14(19)17(22-10-21-16)25-8-2-7-23-25/h2,5-8,10-11H,3-4,9,19H2,1H3,(H,20,21,22). The lowest BCUT2D eigenvalue weighted by Gasteiger charge is -2.12. The van der Waals surface area contributed by atoms with E-state index in [0.29, 0.717) is 35.3 Å². The molecule has 27 heavy (non-hydrogen) atoms. The molecule has 3 N–H and O–H groups in total. The van der Waals surface area contributed by atoms with Crippen LogP contribution in [-0.4, -0.2) is 37.8 Å². The summed E-state index contributed by atoms with van der Waals surface area (Å²) in [5.41, 5.74) is 8.70. The van der Waals surface area contributed by atoms with Gasteiger partial charge in [0.25, 0.3) is 0 Å². The van der Waals surface area contributed by atoms with E-state index in [1.807, 2.05) is 0 Å². The van der Waals surface area contributed by atoms with Crippen LogP contribution in [0.3, 0.4) is 0 Å². The Morgan fingerprint density at radius 3 is 2.93 bits per heavy atom. The molecule has 4 rings (SSSR count). The molecule has 1 saturated carbocycles. The van der Waals surface area contributed by atoms with Crippen LogP contribution in [-0.2, 0) is 11.3 Å². The van der Waals surface area contributed by atoms with Gasteiger partial charge >= 0.3 is 5.97 Å². The number of nitrogens with two attached hydrogens (primary N) is 1. The summed E-state index contributed by atoms with van der Waals surface area (Å²) < 4.78 is 6.43. The number of esters is 1. The molecule has 9 heteroatoms. The summed E-state index contributed by atoms with van der Waals surface area (Å²) in [6.45, 7) is 0.418. The summed E-state index contributed by atoms with van der Waals surface area (Å²) >= 11 is 0. The van der Waals surface area contributed by atoms with Crippen LogP contribution >= 0.6 is 0 Å². The molecule has 1 aliphatic rings. The smallest absolute Gasteiger partial charge is 0.339 e. The highest BCUT2D eigenvalue weighted by atomic mass is 16.5. The van der Waals surface area contributed by atoms with E-state index in [0.717, 1.165) is 24.2 Å². The maximum Gasteiger partial charge on any atom is 0.339 e. The van der Waals surface area contributed by atoms with Crippen molar-refractivity contribution in [1.29, 1.82) is 0 Å². The second-order valence-corrected chi connectivity index (χ2v) is 6.26. The molecule has 138 valence electrons. The number of nitrogens with one attached hydrogen (secondary N) is 1. The third-order valence-corrected chi connectivity index (χ3v) is 4.37. The highest BCUT2D eigenvalue weighted by Gasteiger charge is 2.30. The van der Waals surface area contributed by atoms with Gasteiger partial charge in [-0.15, -0.1) is 0 Å². The molecule has 0 atom stereocenters. The molecule has 9 nitrogen and oxygen atoms in total. The molecule has 0 unspecified atom stereocenters. The fourth-order valence-corrected chi connectivity index (χ4v) is 2.84. The van der Waals surface area contributed by atoms with Crippen molar-refractivity contribution in [2.75, 3.05) is 18.2 Å². The number of rotatable bonds is 6. The van der Waals surface area contributed by atoms with Crippen LogP contribution in [0.4, 0.5) is 11.5 Å². The van der Waals surface area contributed by atoms with Gasteiger partial charge in [0, 0.05) is 18.3 Å². The van der Waals surface area contributed by atoms with Crippen molar-refractivity contribution in [2.24, 2.45) is 0 Å². The lowest BCUT2D eigenvalue weighted by Crippen LogP contribution is -2.12. The average molecular weight is 365 g/mol. The molecule has 0 saturated heterocycles. The molecule has 3 aromatic rings. The SMILES string of the molecule is COC(=O)c1ccc(CNc2ncnc(-n3cccn3)c2N)nc1C1CC1. The van der Waals surface area contributed by atoms with Gasteiger partial charge in [-0.2, -0.15) is 5.10 Å². The zero-order chi connectivity index (χ0) is 18.8. The zero-order valence-corrected chi connectivity index (χ0v) is 14.8. The minimum absolute atomic E-state index is 0.328. The van der Waals surface area contributed by atoms with Crippen LogP contribution < -0.4 is 11.1 Å². The Morgan fingerprint density at radius 1 is 1.37 bits per heavy atom. The van der Waals surface area contributed by atoms with E-state index in [4.69, 9.17) is 10.5 Å². The van der Waals surface area contributed by atoms with Crippen molar-refractivity contribution in [2.45, 2.75) is 25.3 Å². The molecule has 0 aliphatic heterocycles. The largest absolute Gasteiger partial charge is 0.465 e. The van der Waals surface area contributed by atoms with Crippen molar-refractivity contribution in [3.05, 3.63) is 53.9 Å². The van der Waals surface area contributed by atoms with Crippen LogP contribution in [0.25, 0.3) is 5.82 Å². The third kappa shape index (κ3) is 3.43. The maximum atomic E-state index is 11.9. The fourth-order valence-electron chi connectivity index (χ4n) is 2.84. The topological polar surface area (TPSA) is 121 Å². The van der Waals surface area contributed by atoms with Crippen molar-refractivity contribution in [1.82, 2.24) is 24.7 Å². The van der Waals surface area contributed by atoms with Crippen LogP contribution in [0.2, 0.25) is 0 Å². The number of aromatic nitrogens is 5. The van der Waals surface area contributed by atoms with E-state index >= 15 is 0 Å². The monoisotopic (exact) mass is 365 g/mol. The number of hydrogen-bond acceptors (Lipinski definition) is 8. The number of ether oxygens (including phenoxy) is 1. The lowest BCUT2D eigenvalue weighted by molar-refractivity contribution is 0.0598. The Labute approximate surface area is 155 Å². The van der Waals surface area contributed by atoms with E-state index in [2.05, 4.69) is 25.4 Å². The molecule has 0 aromatic carbocycles. The molecule has 0 spiro atoms. The van der Waals surface area contributed by atoms with E-state index < -0.39 is 0 Å². The molecule has 0 amide bonds. The first kappa shape index (κ1) is 17.0. The quantitative estimate of drug-likeness (QED) is 0.636. The number of carbonyl (C=O) groups excluding carboxylic acids is 1. The predicted molar refractivity (Wildman–Crippen MR) is 98.4 cm³/mol. The number of anilines is 2. The summed E-state index contributed by atoms with van der Waals surface area (Å²) in [7, 11) is 1.38. The van der Waals surface area contributed by atoms with Crippen LogP contribution in [0, 0.1) is 0 Å². The number of hydrogen-bond donors (Lipinski definition) is 2. The van der Waals surface area contributed by atoms with Crippen molar-refractivity contribution < 1.29 is 9.53 Å². The van der Waals surface area contributed by atoms with Gasteiger partial charge in [-0.05, 0) is 31.0 Å². The van der Waals surface area contributed by atoms with Gasteiger partial charge in [-0.1, -0.05) is 0 Å². The third-order valence-electron chi connectivity index (χ3n) is 4.37. The highest BCUT2D eigenvalue weighted by Crippen LogP contribution is 2.40. The van der Waals surface area contributed by atoms with Gasteiger partial charge in [-0.3, -0.25) is 4.98 Å². The molecular formula is C18H19N7O2. The van der Waals surface area contributed by atoms with E-state index in [1.165, 1.54) is 13.4 Å². The number of nitrogen functional groups attached to an aromatic ring is 1. The van der Waals surface area contributed by atoms with Gasteiger partial charge < -0.3 is 15.8 Å². The van der Waals surface area contributed by atoms with Crippen molar-refractivity contribution in [3.8, 4) is 5.82 Å². The Morgan fingerprint density at radius 2 is 2.22 bits per heavy atom. The van der Waals surface area contributed by atoms with Crippen LogP contribution in [0.1, 0.15) is 40.5 Å². The molecule has 0 radical (unpaired) electrons. The maximum absolute atomic E-state index is 11.9. The summed E-state index contributed by atoms with van der Waals surface area (Å²) in [4.78, 5) is 25.0. The van der Waals surface area contributed by atoms with Crippen LogP contribution in [0.5, 0.6) is 0 Å². The second kappa shape index (κ2) is 7.02. The normalized spacial score (nSPS) is 13.4. The Balaban J connectivity index is 1.55. The molecule has 3 aromatic heterocycles. The van der Waals surface area contributed by atoms with Crippen LogP contribution in [0.15, 0.2) is 36.9 Å². The zero-order valence-electron chi connectivity index (χ0n) is 14.8. The predicted octanol–water partition coefficient (Wildman–Crippen LogP) is 1.92. The average Bonchev–Trinajstić information content (AvgIpc) is 3.41. The first-order valence-corrected chi connectivity index (χ1v) is 8.60. The van der Waals surface area contributed by atoms with Gasteiger partial charge in [0.1, 0.15) is 12.0 Å². The summed E-state index contributed by atoms with van der Waals surface area (Å²) in [6.07, 6.45) is 6.93. The van der Waals surface area contributed by atoms with Gasteiger partial charge in [0.05, 0.1) is 30.6 Å². The summed E-state index contributed by atoms with van der Waals surface area (Å²) in [5.74, 6) is 0.981. The molecule has 0 bridgehead atoms. The number of nitrogens with zero attached hydrogens (tertiary/aromatic N) is 5. The highest BCUT2D eigenvalue weighted by molar-refractivity contribution is 5.90. The molecular weight excluding hydrogens is 346 g/mol. The number of carbonyl (C=O) groups is 1. The Hall–Kier alpha value is -3.49. The first-order chi connectivity index (χ1) is 13.2. The molecule has 3 heterocycles. The fraction of sp³-hybridized carbons (Fsp3) is 0.278. The Bertz CT molecular complexity index is 968. The first-order valence-electron chi connectivity index (χ1n) is 8.60. The van der Waals surface area contributed by atoms with Gasteiger partial charge in [0.2, 0.25) is 0 Å². The van der Waals surface area contributed by atoms with Gasteiger partial charge in [-0.25, -0.2) is 19.4 Å². The van der Waals surface area contributed by atoms with Crippen molar-refractivity contribution in [3.63, 3.8) is 0 Å². The number of methoxy groups -OCH3 is 1. The minimum Gasteiger partial charge on any atom is -0.465 e.